The molecule has 4 rings (SSSR count). The summed E-state index contributed by atoms with van der Waals surface area (Å²) < 4.78 is 0. The summed E-state index contributed by atoms with van der Waals surface area (Å²) in [4.78, 5) is 2.33. The lowest BCUT2D eigenvalue weighted by atomic mass is 10.0. The van der Waals surface area contributed by atoms with Gasteiger partial charge in [-0.15, -0.1) is 10.2 Å². The molecular weight excluding hydrogens is 278 g/mol. The molecule has 0 spiro atoms. The highest BCUT2D eigenvalue weighted by molar-refractivity contribution is 7.18. The minimum atomic E-state index is 0.930. The van der Waals surface area contributed by atoms with E-state index in [4.69, 9.17) is 0 Å². The number of aromatic nitrogens is 2. The lowest BCUT2D eigenvalue weighted by Crippen LogP contribution is -2.30. The summed E-state index contributed by atoms with van der Waals surface area (Å²) in [6.07, 6.45) is 1.08. The van der Waals surface area contributed by atoms with E-state index in [0.29, 0.717) is 0 Å². The van der Waals surface area contributed by atoms with E-state index in [9.17, 15) is 0 Å². The normalized spacial score (nSPS) is 14.0. The van der Waals surface area contributed by atoms with Gasteiger partial charge in [-0.2, -0.15) is 0 Å². The van der Waals surface area contributed by atoms with E-state index in [-0.39, 0.29) is 0 Å². The maximum atomic E-state index is 4.38. The molecule has 2 aromatic carbocycles. The predicted molar refractivity (Wildman–Crippen MR) is 86.5 cm³/mol. The summed E-state index contributed by atoms with van der Waals surface area (Å²) in [5.41, 5.74) is 4.00. The Bertz CT molecular complexity index is 751. The summed E-state index contributed by atoms with van der Waals surface area (Å²) >= 11 is 1.67. The Kier molecular flexibility index (Phi) is 3.16. The Morgan fingerprint density at radius 3 is 2.48 bits per heavy atom. The third-order valence-electron chi connectivity index (χ3n) is 3.84. The lowest BCUT2D eigenvalue weighted by Gasteiger charge is -2.27. The van der Waals surface area contributed by atoms with Crippen LogP contribution in [0.15, 0.2) is 54.6 Å². The Hall–Kier alpha value is -2.20. The van der Waals surface area contributed by atoms with Gasteiger partial charge in [0.1, 0.15) is 5.01 Å². The number of rotatable bonds is 2. The molecular formula is C17H15N3S. The molecule has 0 saturated heterocycles. The molecule has 0 N–H and O–H groups in total. The highest BCUT2D eigenvalue weighted by Crippen LogP contribution is 2.31. The van der Waals surface area contributed by atoms with Gasteiger partial charge in [0.15, 0.2) is 0 Å². The maximum Gasteiger partial charge on any atom is 0.208 e. The van der Waals surface area contributed by atoms with Crippen molar-refractivity contribution in [1.82, 2.24) is 10.2 Å². The van der Waals surface area contributed by atoms with Crippen molar-refractivity contribution in [2.24, 2.45) is 0 Å². The molecule has 21 heavy (non-hydrogen) atoms. The summed E-state index contributed by atoms with van der Waals surface area (Å²) in [5.74, 6) is 0. The third kappa shape index (κ3) is 2.43. The van der Waals surface area contributed by atoms with Crippen LogP contribution < -0.4 is 4.90 Å². The second-order valence-electron chi connectivity index (χ2n) is 5.20. The first kappa shape index (κ1) is 12.5. The van der Waals surface area contributed by atoms with Crippen LogP contribution >= 0.6 is 11.3 Å². The standard InChI is InChI=1S/C17H15N3S/c1-2-7-14(8-3-1)16-18-19-17(21-16)20-11-10-13-6-4-5-9-15(13)12-20/h1-9H,10-12H2. The zero-order chi connectivity index (χ0) is 14.1. The molecule has 0 saturated carbocycles. The van der Waals surface area contributed by atoms with Crippen molar-refractivity contribution >= 4 is 16.5 Å². The third-order valence-corrected chi connectivity index (χ3v) is 4.87. The number of hydrogen-bond acceptors (Lipinski definition) is 4. The van der Waals surface area contributed by atoms with E-state index < -0.39 is 0 Å². The quantitative estimate of drug-likeness (QED) is 0.720. The van der Waals surface area contributed by atoms with E-state index in [2.05, 4.69) is 51.5 Å². The van der Waals surface area contributed by atoms with Gasteiger partial charge in [0.2, 0.25) is 5.13 Å². The molecule has 1 aliphatic heterocycles. The fourth-order valence-corrected chi connectivity index (χ4v) is 3.57. The first-order chi connectivity index (χ1) is 10.4. The van der Waals surface area contributed by atoms with Crippen LogP contribution in [0.3, 0.4) is 0 Å². The summed E-state index contributed by atoms with van der Waals surface area (Å²) in [7, 11) is 0. The molecule has 1 aliphatic rings. The van der Waals surface area contributed by atoms with Gasteiger partial charge in [-0.25, -0.2) is 0 Å². The molecule has 1 aromatic heterocycles. The smallest absolute Gasteiger partial charge is 0.208 e. The minimum absolute atomic E-state index is 0.930. The number of fused-ring (bicyclic) bond motifs is 1. The monoisotopic (exact) mass is 293 g/mol. The van der Waals surface area contributed by atoms with Crippen molar-refractivity contribution in [2.45, 2.75) is 13.0 Å². The van der Waals surface area contributed by atoms with Crippen LogP contribution in [-0.4, -0.2) is 16.7 Å². The van der Waals surface area contributed by atoms with E-state index >= 15 is 0 Å². The Morgan fingerprint density at radius 1 is 0.857 bits per heavy atom. The molecule has 0 amide bonds. The van der Waals surface area contributed by atoms with Gasteiger partial charge in [-0.05, 0) is 17.5 Å². The zero-order valence-electron chi connectivity index (χ0n) is 11.6. The molecule has 0 bridgehead atoms. The molecule has 0 radical (unpaired) electrons. The molecule has 3 nitrogen and oxygen atoms in total. The van der Waals surface area contributed by atoms with Crippen LogP contribution in [0, 0.1) is 0 Å². The van der Waals surface area contributed by atoms with E-state index in [0.717, 1.165) is 35.2 Å². The average Bonchev–Trinajstić information content (AvgIpc) is 3.05. The summed E-state index contributed by atoms with van der Waals surface area (Å²) in [5, 5.41) is 10.7. The van der Waals surface area contributed by atoms with Crippen LogP contribution in [0.1, 0.15) is 11.1 Å². The van der Waals surface area contributed by atoms with Gasteiger partial charge in [0.05, 0.1) is 0 Å². The SMILES string of the molecule is c1ccc(-c2nnc(N3CCc4ccccc4C3)s2)cc1. The van der Waals surface area contributed by atoms with Crippen molar-refractivity contribution < 1.29 is 0 Å². The molecule has 0 unspecified atom stereocenters. The van der Waals surface area contributed by atoms with Crippen molar-refractivity contribution in [3.05, 3.63) is 65.7 Å². The average molecular weight is 293 g/mol. The second kappa shape index (κ2) is 5.30. The van der Waals surface area contributed by atoms with Crippen molar-refractivity contribution in [2.75, 3.05) is 11.4 Å². The zero-order valence-corrected chi connectivity index (χ0v) is 12.4. The van der Waals surface area contributed by atoms with Gasteiger partial charge in [-0.1, -0.05) is 65.9 Å². The fourth-order valence-electron chi connectivity index (χ4n) is 2.70. The van der Waals surface area contributed by atoms with Crippen molar-refractivity contribution in [3.63, 3.8) is 0 Å². The minimum Gasteiger partial charge on any atom is -0.342 e. The number of benzene rings is 2. The van der Waals surface area contributed by atoms with Crippen LogP contribution in [0.2, 0.25) is 0 Å². The molecule has 4 heteroatoms. The van der Waals surface area contributed by atoms with E-state index in [1.54, 1.807) is 11.3 Å². The molecule has 0 fully saturated rings. The fraction of sp³-hybridized carbons (Fsp3) is 0.176. The van der Waals surface area contributed by atoms with Crippen molar-refractivity contribution in [1.29, 1.82) is 0 Å². The van der Waals surface area contributed by atoms with Crippen LogP contribution in [0.25, 0.3) is 10.6 Å². The van der Waals surface area contributed by atoms with Gasteiger partial charge in [0, 0.05) is 18.7 Å². The molecule has 0 atom stereocenters. The van der Waals surface area contributed by atoms with Gasteiger partial charge in [-0.3, -0.25) is 0 Å². The highest BCUT2D eigenvalue weighted by atomic mass is 32.1. The Balaban J connectivity index is 1.60. The first-order valence-electron chi connectivity index (χ1n) is 7.11. The van der Waals surface area contributed by atoms with Gasteiger partial charge >= 0.3 is 0 Å². The van der Waals surface area contributed by atoms with Gasteiger partial charge < -0.3 is 4.90 Å². The van der Waals surface area contributed by atoms with Gasteiger partial charge in [0.25, 0.3) is 0 Å². The Morgan fingerprint density at radius 2 is 1.62 bits per heavy atom. The molecule has 0 aliphatic carbocycles. The summed E-state index contributed by atoms with van der Waals surface area (Å²) in [6.45, 7) is 1.94. The number of nitrogens with zero attached hydrogens (tertiary/aromatic N) is 3. The van der Waals surface area contributed by atoms with Crippen molar-refractivity contribution in [3.8, 4) is 10.6 Å². The number of hydrogen-bond donors (Lipinski definition) is 0. The molecule has 3 aromatic rings. The highest BCUT2D eigenvalue weighted by Gasteiger charge is 2.19. The summed E-state index contributed by atoms with van der Waals surface area (Å²) in [6, 6.07) is 18.9. The Labute approximate surface area is 127 Å². The second-order valence-corrected chi connectivity index (χ2v) is 6.15. The topological polar surface area (TPSA) is 29.0 Å². The van der Waals surface area contributed by atoms with E-state index in [1.807, 2.05) is 18.2 Å². The number of anilines is 1. The molecule has 104 valence electrons. The van der Waals surface area contributed by atoms with E-state index in [1.165, 1.54) is 11.1 Å². The largest absolute Gasteiger partial charge is 0.342 e. The predicted octanol–water partition coefficient (Wildman–Crippen LogP) is 3.77. The first-order valence-corrected chi connectivity index (χ1v) is 7.92. The lowest BCUT2D eigenvalue weighted by molar-refractivity contribution is 0.724. The maximum absolute atomic E-state index is 4.38. The van der Waals surface area contributed by atoms with Crippen LogP contribution in [0.4, 0.5) is 5.13 Å². The molecule has 2 heterocycles. The van der Waals surface area contributed by atoms with Crippen LogP contribution in [-0.2, 0) is 13.0 Å². The van der Waals surface area contributed by atoms with Crippen LogP contribution in [0.5, 0.6) is 0 Å².